The normalized spacial score (nSPS) is 20.6. The van der Waals surface area contributed by atoms with Gasteiger partial charge in [0.15, 0.2) is 4.90 Å². The van der Waals surface area contributed by atoms with Crippen LogP contribution in [0.2, 0.25) is 0 Å². The maximum Gasteiger partial charge on any atom is 0.245 e. The summed E-state index contributed by atoms with van der Waals surface area (Å²) in [6, 6.07) is 0.181. The SMILES string of the molecule is CN(C)C1COc2c(S(N)(=O)=O)cnn2C1. The third-order valence-corrected chi connectivity index (χ3v) is 3.49. The average molecular weight is 246 g/mol. The highest BCUT2D eigenvalue weighted by Crippen LogP contribution is 2.26. The standard InChI is InChI=1S/C8H14N4O3S/c1-11(2)6-4-12-8(15-5-6)7(3-10-12)16(9,13)14/h3,6H,4-5H2,1-2H3,(H2,9,13,14). The Morgan fingerprint density at radius 2 is 2.31 bits per heavy atom. The molecule has 16 heavy (non-hydrogen) atoms. The van der Waals surface area contributed by atoms with Crippen molar-refractivity contribution in [2.75, 3.05) is 20.7 Å². The molecule has 0 saturated carbocycles. The summed E-state index contributed by atoms with van der Waals surface area (Å²) in [6.45, 7) is 1.03. The van der Waals surface area contributed by atoms with Gasteiger partial charge in [-0.05, 0) is 14.1 Å². The second-order valence-electron chi connectivity index (χ2n) is 3.97. The highest BCUT2D eigenvalue weighted by molar-refractivity contribution is 7.89. The van der Waals surface area contributed by atoms with Gasteiger partial charge in [-0.25, -0.2) is 18.2 Å². The number of hydrogen-bond acceptors (Lipinski definition) is 5. The van der Waals surface area contributed by atoms with Crippen molar-refractivity contribution in [2.24, 2.45) is 5.14 Å². The molecule has 1 unspecified atom stereocenters. The summed E-state index contributed by atoms with van der Waals surface area (Å²) in [6.07, 6.45) is 1.22. The van der Waals surface area contributed by atoms with Gasteiger partial charge in [-0.15, -0.1) is 0 Å². The molecule has 0 saturated heterocycles. The minimum Gasteiger partial charge on any atom is -0.475 e. The molecule has 0 amide bonds. The molecule has 2 rings (SSSR count). The largest absolute Gasteiger partial charge is 0.475 e. The molecule has 8 heteroatoms. The highest BCUT2D eigenvalue weighted by Gasteiger charge is 2.28. The van der Waals surface area contributed by atoms with E-state index in [0.717, 1.165) is 0 Å². The molecule has 0 radical (unpaired) electrons. The van der Waals surface area contributed by atoms with Gasteiger partial charge in [-0.1, -0.05) is 0 Å². The van der Waals surface area contributed by atoms with Crippen molar-refractivity contribution in [1.82, 2.24) is 14.7 Å². The van der Waals surface area contributed by atoms with Gasteiger partial charge in [-0.3, -0.25) is 0 Å². The lowest BCUT2D eigenvalue weighted by molar-refractivity contribution is 0.117. The number of aromatic nitrogens is 2. The first-order chi connectivity index (χ1) is 7.39. The predicted molar refractivity (Wildman–Crippen MR) is 56.6 cm³/mol. The number of likely N-dealkylation sites (N-methyl/N-ethyl adjacent to an activating group) is 1. The van der Waals surface area contributed by atoms with Gasteiger partial charge >= 0.3 is 0 Å². The van der Waals surface area contributed by atoms with Gasteiger partial charge in [0.1, 0.15) is 6.61 Å². The van der Waals surface area contributed by atoms with Crippen LogP contribution >= 0.6 is 0 Å². The third-order valence-electron chi connectivity index (χ3n) is 2.59. The first-order valence-corrected chi connectivity index (χ1v) is 6.32. The molecule has 1 aliphatic rings. The van der Waals surface area contributed by atoms with E-state index in [1.165, 1.54) is 10.9 Å². The molecule has 1 aromatic heterocycles. The second kappa shape index (κ2) is 3.72. The summed E-state index contributed by atoms with van der Waals surface area (Å²) in [7, 11) is 0.107. The van der Waals surface area contributed by atoms with E-state index in [1.54, 1.807) is 0 Å². The van der Waals surface area contributed by atoms with E-state index in [4.69, 9.17) is 9.88 Å². The zero-order valence-electron chi connectivity index (χ0n) is 9.12. The molecule has 1 aromatic rings. The van der Waals surface area contributed by atoms with Crippen LogP contribution in [0.25, 0.3) is 0 Å². The van der Waals surface area contributed by atoms with E-state index < -0.39 is 10.0 Å². The molecule has 1 atom stereocenters. The molecule has 0 fully saturated rings. The number of rotatable bonds is 2. The van der Waals surface area contributed by atoms with Crippen LogP contribution in [-0.2, 0) is 16.6 Å². The number of nitrogens with two attached hydrogens (primary N) is 1. The van der Waals surface area contributed by atoms with Gasteiger partial charge in [-0.2, -0.15) is 5.10 Å². The Labute approximate surface area is 93.8 Å². The monoisotopic (exact) mass is 246 g/mol. The smallest absolute Gasteiger partial charge is 0.245 e. The van der Waals surface area contributed by atoms with Crippen molar-refractivity contribution in [2.45, 2.75) is 17.5 Å². The summed E-state index contributed by atoms with van der Waals surface area (Å²) in [4.78, 5) is 1.95. The Balaban J connectivity index is 2.34. The van der Waals surface area contributed by atoms with Gasteiger partial charge in [0.25, 0.3) is 0 Å². The number of fused-ring (bicyclic) bond motifs is 1. The maximum absolute atomic E-state index is 11.2. The Morgan fingerprint density at radius 3 is 2.88 bits per heavy atom. The molecule has 1 aliphatic heterocycles. The number of sulfonamides is 1. The lowest BCUT2D eigenvalue weighted by atomic mass is 10.3. The molecule has 2 N–H and O–H groups in total. The highest BCUT2D eigenvalue weighted by atomic mass is 32.2. The summed E-state index contributed by atoms with van der Waals surface area (Å²) >= 11 is 0. The van der Waals surface area contributed by atoms with Crippen LogP contribution < -0.4 is 9.88 Å². The van der Waals surface area contributed by atoms with E-state index >= 15 is 0 Å². The van der Waals surface area contributed by atoms with E-state index in [9.17, 15) is 8.42 Å². The Bertz CT molecular complexity index is 493. The van der Waals surface area contributed by atoms with Crippen molar-refractivity contribution in [3.8, 4) is 5.88 Å². The van der Waals surface area contributed by atoms with Gasteiger partial charge in [0, 0.05) is 0 Å². The number of nitrogens with zero attached hydrogens (tertiary/aromatic N) is 3. The molecule has 7 nitrogen and oxygen atoms in total. The van der Waals surface area contributed by atoms with Crippen LogP contribution in [0.1, 0.15) is 0 Å². The molecular formula is C8H14N4O3S. The quantitative estimate of drug-likeness (QED) is 0.712. The van der Waals surface area contributed by atoms with Crippen LogP contribution in [0.4, 0.5) is 0 Å². The number of hydrogen-bond donors (Lipinski definition) is 1. The topological polar surface area (TPSA) is 90.4 Å². The molecular weight excluding hydrogens is 232 g/mol. The van der Waals surface area contributed by atoms with Crippen molar-refractivity contribution in [1.29, 1.82) is 0 Å². The summed E-state index contributed by atoms with van der Waals surface area (Å²) in [5.41, 5.74) is 0. The van der Waals surface area contributed by atoms with Crippen LogP contribution in [0, 0.1) is 0 Å². The van der Waals surface area contributed by atoms with Gasteiger partial charge in [0.05, 0.1) is 18.8 Å². The lowest BCUT2D eigenvalue weighted by Gasteiger charge is -2.29. The summed E-state index contributed by atoms with van der Waals surface area (Å²) < 4.78 is 29.3. The van der Waals surface area contributed by atoms with Crippen LogP contribution in [0.3, 0.4) is 0 Å². The summed E-state index contributed by atoms with van der Waals surface area (Å²) in [5.74, 6) is 0.237. The zero-order valence-corrected chi connectivity index (χ0v) is 9.94. The molecule has 2 heterocycles. The average Bonchev–Trinajstić information content (AvgIpc) is 2.58. The molecule has 0 aromatic carbocycles. The van der Waals surface area contributed by atoms with E-state index in [1.807, 2.05) is 19.0 Å². The van der Waals surface area contributed by atoms with E-state index in [0.29, 0.717) is 13.2 Å². The zero-order chi connectivity index (χ0) is 11.9. The molecule has 0 aliphatic carbocycles. The van der Waals surface area contributed by atoms with Gasteiger partial charge in [0.2, 0.25) is 15.9 Å². The van der Waals surface area contributed by atoms with Gasteiger partial charge < -0.3 is 9.64 Å². The predicted octanol–water partition coefficient (Wildman–Crippen LogP) is -1.15. The maximum atomic E-state index is 11.2. The van der Waals surface area contributed by atoms with Crippen molar-refractivity contribution >= 4 is 10.0 Å². The fourth-order valence-corrected chi connectivity index (χ4v) is 2.17. The molecule has 0 spiro atoms. The first kappa shape index (κ1) is 11.4. The Morgan fingerprint density at radius 1 is 1.62 bits per heavy atom. The Hall–Kier alpha value is -1.12. The second-order valence-corrected chi connectivity index (χ2v) is 5.50. The molecule has 90 valence electrons. The first-order valence-electron chi connectivity index (χ1n) is 4.77. The van der Waals surface area contributed by atoms with Crippen LogP contribution in [-0.4, -0.2) is 49.8 Å². The molecule has 0 bridgehead atoms. The third kappa shape index (κ3) is 1.91. The van der Waals surface area contributed by atoms with Crippen molar-refractivity contribution in [3.63, 3.8) is 0 Å². The van der Waals surface area contributed by atoms with Crippen LogP contribution in [0.5, 0.6) is 5.88 Å². The summed E-state index contributed by atoms with van der Waals surface area (Å²) in [5, 5.41) is 9.01. The Kier molecular flexibility index (Phi) is 2.64. The minimum atomic E-state index is -3.76. The lowest BCUT2D eigenvalue weighted by Crippen LogP contribution is -2.41. The van der Waals surface area contributed by atoms with E-state index in [2.05, 4.69) is 5.10 Å². The van der Waals surface area contributed by atoms with Crippen molar-refractivity contribution in [3.05, 3.63) is 6.20 Å². The fraction of sp³-hybridized carbons (Fsp3) is 0.625. The number of ether oxygens (including phenoxy) is 1. The minimum absolute atomic E-state index is 0.0512. The van der Waals surface area contributed by atoms with E-state index in [-0.39, 0.29) is 16.8 Å². The van der Waals surface area contributed by atoms with Crippen molar-refractivity contribution < 1.29 is 13.2 Å². The fourth-order valence-electron chi connectivity index (χ4n) is 1.57. The van der Waals surface area contributed by atoms with Crippen LogP contribution in [0.15, 0.2) is 11.1 Å². The number of primary sulfonamides is 1.